The molecule has 0 aliphatic carbocycles. The van der Waals surface area contributed by atoms with Crippen LogP contribution in [0.3, 0.4) is 0 Å². The Bertz CT molecular complexity index is 539. The molecule has 1 heterocycles. The van der Waals surface area contributed by atoms with Crippen molar-refractivity contribution in [3.05, 3.63) is 16.6 Å². The third-order valence-electron chi connectivity index (χ3n) is 2.57. The first kappa shape index (κ1) is 12.7. The quantitative estimate of drug-likeness (QED) is 0.839. The van der Waals surface area contributed by atoms with Crippen molar-refractivity contribution >= 4 is 25.8 Å². The van der Waals surface area contributed by atoms with Gasteiger partial charge in [-0.1, -0.05) is 6.92 Å². The fraction of sp³-hybridized carbons (Fsp3) is 0.455. The average molecular weight is 321 g/mol. The number of benzene rings is 1. The zero-order valence-corrected chi connectivity index (χ0v) is 12.0. The van der Waals surface area contributed by atoms with Gasteiger partial charge in [0.1, 0.15) is 12.7 Å². The number of sulfone groups is 1. The molecule has 1 unspecified atom stereocenters. The summed E-state index contributed by atoms with van der Waals surface area (Å²) in [6.45, 7) is 2.48. The van der Waals surface area contributed by atoms with E-state index in [1.54, 1.807) is 0 Å². The lowest BCUT2D eigenvalue weighted by Gasteiger charge is -2.26. The minimum Gasteiger partial charge on any atom is -0.485 e. The van der Waals surface area contributed by atoms with E-state index in [1.807, 2.05) is 6.92 Å². The molecule has 0 bridgehead atoms. The lowest BCUT2D eigenvalue weighted by Crippen LogP contribution is -2.28. The standard InChI is InChI=1S/C11H13BrO4S/c1-3-7-6-15-11-9(12)4-8(17(2,13)14)5-10(11)16-7/h4-5,7H,3,6H2,1-2H3. The SMILES string of the molecule is CCC1COc2c(Br)cc(S(C)(=O)=O)cc2O1. The van der Waals surface area contributed by atoms with Crippen LogP contribution in [0, 0.1) is 0 Å². The highest BCUT2D eigenvalue weighted by Gasteiger charge is 2.24. The molecule has 0 N–H and O–H groups in total. The third-order valence-corrected chi connectivity index (χ3v) is 4.25. The molecular weight excluding hydrogens is 308 g/mol. The van der Waals surface area contributed by atoms with E-state index in [2.05, 4.69) is 15.9 Å². The predicted octanol–water partition coefficient (Wildman–Crippen LogP) is 2.40. The Balaban J connectivity index is 2.49. The minimum atomic E-state index is -3.25. The Morgan fingerprint density at radius 2 is 2.18 bits per heavy atom. The van der Waals surface area contributed by atoms with Gasteiger partial charge in [-0.25, -0.2) is 8.42 Å². The van der Waals surface area contributed by atoms with E-state index in [4.69, 9.17) is 9.47 Å². The van der Waals surface area contributed by atoms with Gasteiger partial charge in [-0.3, -0.25) is 0 Å². The molecule has 0 saturated heterocycles. The molecule has 0 radical (unpaired) electrons. The van der Waals surface area contributed by atoms with Crippen LogP contribution in [0.25, 0.3) is 0 Å². The average Bonchev–Trinajstić information content (AvgIpc) is 2.27. The minimum absolute atomic E-state index is 0.0239. The van der Waals surface area contributed by atoms with Gasteiger partial charge in [-0.2, -0.15) is 0 Å². The van der Waals surface area contributed by atoms with E-state index in [-0.39, 0.29) is 11.0 Å². The maximum absolute atomic E-state index is 11.5. The molecule has 1 aliphatic rings. The van der Waals surface area contributed by atoms with Gasteiger partial charge < -0.3 is 9.47 Å². The van der Waals surface area contributed by atoms with Crippen LogP contribution < -0.4 is 9.47 Å². The van der Waals surface area contributed by atoms with E-state index in [1.165, 1.54) is 18.4 Å². The van der Waals surface area contributed by atoms with Crippen LogP contribution in [-0.2, 0) is 9.84 Å². The molecule has 2 rings (SSSR count). The van der Waals surface area contributed by atoms with Crippen molar-refractivity contribution in [2.24, 2.45) is 0 Å². The van der Waals surface area contributed by atoms with Gasteiger partial charge in [-0.15, -0.1) is 0 Å². The molecular formula is C11H13BrO4S. The number of fused-ring (bicyclic) bond motifs is 1. The van der Waals surface area contributed by atoms with Gasteiger partial charge in [0, 0.05) is 12.3 Å². The second kappa shape index (κ2) is 4.49. The number of rotatable bonds is 2. The van der Waals surface area contributed by atoms with Crippen LogP contribution in [0.4, 0.5) is 0 Å². The molecule has 0 aromatic heterocycles. The smallest absolute Gasteiger partial charge is 0.175 e. The van der Waals surface area contributed by atoms with Crippen molar-refractivity contribution in [2.45, 2.75) is 24.3 Å². The van der Waals surface area contributed by atoms with Crippen molar-refractivity contribution in [3.8, 4) is 11.5 Å². The molecule has 0 spiro atoms. The number of hydrogen-bond donors (Lipinski definition) is 0. The van der Waals surface area contributed by atoms with E-state index >= 15 is 0 Å². The summed E-state index contributed by atoms with van der Waals surface area (Å²) in [5.41, 5.74) is 0. The predicted molar refractivity (Wildman–Crippen MR) is 67.5 cm³/mol. The molecule has 4 nitrogen and oxygen atoms in total. The molecule has 0 amide bonds. The van der Waals surface area contributed by atoms with Gasteiger partial charge in [-0.05, 0) is 28.4 Å². The highest BCUT2D eigenvalue weighted by Crippen LogP contribution is 2.40. The van der Waals surface area contributed by atoms with Gasteiger partial charge in [0.2, 0.25) is 0 Å². The topological polar surface area (TPSA) is 52.6 Å². The second-order valence-electron chi connectivity index (χ2n) is 3.96. The highest BCUT2D eigenvalue weighted by molar-refractivity contribution is 9.10. The number of halogens is 1. The first-order chi connectivity index (χ1) is 7.91. The molecule has 1 aromatic carbocycles. The summed E-state index contributed by atoms with van der Waals surface area (Å²) >= 11 is 3.30. The van der Waals surface area contributed by atoms with Crippen molar-refractivity contribution in [1.29, 1.82) is 0 Å². The lowest BCUT2D eigenvalue weighted by atomic mass is 10.2. The molecule has 0 fully saturated rings. The molecule has 0 saturated carbocycles. The second-order valence-corrected chi connectivity index (χ2v) is 6.83. The normalized spacial score (nSPS) is 19.1. The van der Waals surface area contributed by atoms with Gasteiger partial charge >= 0.3 is 0 Å². The van der Waals surface area contributed by atoms with Gasteiger partial charge in [0.25, 0.3) is 0 Å². The fourth-order valence-corrected chi connectivity index (χ4v) is 2.94. The largest absolute Gasteiger partial charge is 0.485 e. The van der Waals surface area contributed by atoms with Crippen LogP contribution in [0.15, 0.2) is 21.5 Å². The van der Waals surface area contributed by atoms with Crippen LogP contribution in [-0.4, -0.2) is 27.4 Å². The lowest BCUT2D eigenvalue weighted by molar-refractivity contribution is 0.0872. The molecule has 94 valence electrons. The van der Waals surface area contributed by atoms with E-state index < -0.39 is 9.84 Å². The molecule has 17 heavy (non-hydrogen) atoms. The number of hydrogen-bond acceptors (Lipinski definition) is 4. The van der Waals surface area contributed by atoms with Crippen molar-refractivity contribution in [2.75, 3.05) is 12.9 Å². The van der Waals surface area contributed by atoms with Gasteiger partial charge in [0.15, 0.2) is 21.3 Å². The molecule has 1 aromatic rings. The summed E-state index contributed by atoms with van der Waals surface area (Å²) in [4.78, 5) is 0.225. The van der Waals surface area contributed by atoms with Crippen molar-refractivity contribution < 1.29 is 17.9 Å². The molecule has 1 aliphatic heterocycles. The maximum Gasteiger partial charge on any atom is 0.175 e. The summed E-state index contributed by atoms with van der Waals surface area (Å²) < 4.78 is 34.8. The van der Waals surface area contributed by atoms with Gasteiger partial charge in [0.05, 0.1) is 9.37 Å². The summed E-state index contributed by atoms with van der Waals surface area (Å²) in [7, 11) is -3.25. The summed E-state index contributed by atoms with van der Waals surface area (Å²) in [6.07, 6.45) is 1.96. The zero-order valence-electron chi connectivity index (χ0n) is 9.57. The Labute approximate surface area is 109 Å². The van der Waals surface area contributed by atoms with Crippen LogP contribution in [0.2, 0.25) is 0 Å². The van der Waals surface area contributed by atoms with Crippen molar-refractivity contribution in [1.82, 2.24) is 0 Å². The third kappa shape index (κ3) is 2.57. The van der Waals surface area contributed by atoms with E-state index in [0.717, 1.165) is 6.42 Å². The summed E-state index contributed by atoms with van der Waals surface area (Å²) in [5, 5.41) is 0. The Morgan fingerprint density at radius 1 is 1.47 bits per heavy atom. The summed E-state index contributed by atoms with van der Waals surface area (Å²) in [6, 6.07) is 3.04. The highest BCUT2D eigenvalue weighted by atomic mass is 79.9. The van der Waals surface area contributed by atoms with Crippen LogP contribution in [0.5, 0.6) is 11.5 Å². The first-order valence-electron chi connectivity index (χ1n) is 5.25. The Kier molecular flexibility index (Phi) is 3.36. The van der Waals surface area contributed by atoms with Crippen LogP contribution in [0.1, 0.15) is 13.3 Å². The Hall–Kier alpha value is -0.750. The zero-order chi connectivity index (χ0) is 12.6. The van der Waals surface area contributed by atoms with Crippen molar-refractivity contribution in [3.63, 3.8) is 0 Å². The Morgan fingerprint density at radius 3 is 2.76 bits per heavy atom. The molecule has 6 heteroatoms. The first-order valence-corrected chi connectivity index (χ1v) is 7.93. The number of ether oxygens (including phenoxy) is 2. The van der Waals surface area contributed by atoms with Crippen LogP contribution >= 0.6 is 15.9 Å². The molecule has 1 atom stereocenters. The van der Waals surface area contributed by atoms with E-state index in [9.17, 15) is 8.42 Å². The van der Waals surface area contributed by atoms with E-state index in [0.29, 0.717) is 22.6 Å². The summed E-state index contributed by atoms with van der Waals surface area (Å²) in [5.74, 6) is 1.06. The monoisotopic (exact) mass is 320 g/mol. The fourth-order valence-electron chi connectivity index (χ4n) is 1.58. The maximum atomic E-state index is 11.5.